The first-order valence-corrected chi connectivity index (χ1v) is 12.0. The van der Waals surface area contributed by atoms with Crippen LogP contribution in [0.4, 0.5) is 0 Å². The lowest BCUT2D eigenvalue weighted by Gasteiger charge is -2.34. The van der Waals surface area contributed by atoms with E-state index in [0.29, 0.717) is 41.3 Å². The number of rotatable bonds is 4. The SMILES string of the molecule is O=C(Cn1cnc2scc(-c3ccccc3)c2c1=O)N1CCN(C(=O)c2cccs2)CC1. The van der Waals surface area contributed by atoms with Gasteiger partial charge in [0.25, 0.3) is 11.5 Å². The molecule has 0 radical (unpaired) electrons. The Bertz CT molecular complexity index is 1320. The molecule has 0 spiro atoms. The fourth-order valence-electron chi connectivity index (χ4n) is 3.87. The molecule has 4 heterocycles. The maximum absolute atomic E-state index is 13.2. The zero-order valence-corrected chi connectivity index (χ0v) is 18.8. The molecule has 1 aliphatic heterocycles. The van der Waals surface area contributed by atoms with Gasteiger partial charge >= 0.3 is 0 Å². The van der Waals surface area contributed by atoms with Crippen LogP contribution >= 0.6 is 22.7 Å². The number of thiophene rings is 2. The van der Waals surface area contributed by atoms with Gasteiger partial charge in [-0.3, -0.25) is 19.0 Å². The van der Waals surface area contributed by atoms with E-state index in [-0.39, 0.29) is 23.9 Å². The number of nitrogens with zero attached hydrogens (tertiary/aromatic N) is 4. The van der Waals surface area contributed by atoms with Gasteiger partial charge in [0.1, 0.15) is 11.4 Å². The van der Waals surface area contributed by atoms with E-state index in [0.717, 1.165) is 11.1 Å². The molecule has 0 unspecified atom stereocenters. The molecule has 0 bridgehead atoms. The Hall–Kier alpha value is -3.30. The van der Waals surface area contributed by atoms with E-state index < -0.39 is 0 Å². The molecule has 2 amide bonds. The van der Waals surface area contributed by atoms with Gasteiger partial charge in [0.2, 0.25) is 5.91 Å². The van der Waals surface area contributed by atoms with Crippen LogP contribution < -0.4 is 5.56 Å². The Morgan fingerprint density at radius 1 is 0.938 bits per heavy atom. The van der Waals surface area contributed by atoms with Gasteiger partial charge < -0.3 is 9.80 Å². The minimum atomic E-state index is -0.213. The third kappa shape index (κ3) is 3.85. The third-order valence-corrected chi connectivity index (χ3v) is 7.35. The van der Waals surface area contributed by atoms with Gasteiger partial charge in [0.15, 0.2) is 0 Å². The van der Waals surface area contributed by atoms with Crippen LogP contribution in [0.3, 0.4) is 0 Å². The highest BCUT2D eigenvalue weighted by Crippen LogP contribution is 2.30. The summed E-state index contributed by atoms with van der Waals surface area (Å²) in [5.74, 6) is -0.142. The molecule has 0 atom stereocenters. The van der Waals surface area contributed by atoms with Crippen LogP contribution in [-0.2, 0) is 11.3 Å². The Balaban J connectivity index is 1.31. The summed E-state index contributed by atoms with van der Waals surface area (Å²) in [5.41, 5.74) is 1.58. The summed E-state index contributed by atoms with van der Waals surface area (Å²) in [6, 6.07) is 13.4. The largest absolute Gasteiger partial charge is 0.338 e. The zero-order valence-electron chi connectivity index (χ0n) is 17.1. The summed E-state index contributed by atoms with van der Waals surface area (Å²) in [5, 5.41) is 4.36. The molecule has 4 aromatic rings. The van der Waals surface area contributed by atoms with E-state index in [4.69, 9.17) is 0 Å². The van der Waals surface area contributed by atoms with Crippen LogP contribution in [0.1, 0.15) is 9.67 Å². The molecule has 162 valence electrons. The second-order valence-electron chi connectivity index (χ2n) is 7.52. The number of carbonyl (C=O) groups is 2. The summed E-state index contributed by atoms with van der Waals surface area (Å²) in [4.78, 5) is 47.8. The van der Waals surface area contributed by atoms with Crippen LogP contribution in [0.25, 0.3) is 21.3 Å². The molecule has 1 saturated heterocycles. The fourth-order valence-corrected chi connectivity index (χ4v) is 5.47. The number of hydrogen-bond donors (Lipinski definition) is 0. The molecule has 0 aliphatic carbocycles. The Labute approximate surface area is 192 Å². The van der Waals surface area contributed by atoms with Gasteiger partial charge in [-0.05, 0) is 17.0 Å². The highest BCUT2D eigenvalue weighted by atomic mass is 32.1. The predicted octanol–water partition coefficient (Wildman–Crippen LogP) is 3.17. The standard InChI is InChI=1S/C23H20N4O3S2/c28-19(25-8-10-26(11-9-25)22(29)18-7-4-12-31-18)13-27-15-24-21-20(23(27)30)17(14-32-21)16-5-2-1-3-6-16/h1-7,12,14-15H,8-11,13H2. The second kappa shape index (κ2) is 8.68. The number of fused-ring (bicyclic) bond motifs is 1. The number of hydrogen-bond acceptors (Lipinski definition) is 6. The van der Waals surface area contributed by atoms with Crippen molar-refractivity contribution in [2.75, 3.05) is 26.2 Å². The number of benzene rings is 1. The molecule has 32 heavy (non-hydrogen) atoms. The third-order valence-electron chi connectivity index (χ3n) is 5.60. The van der Waals surface area contributed by atoms with E-state index >= 15 is 0 Å². The maximum Gasteiger partial charge on any atom is 0.264 e. The van der Waals surface area contributed by atoms with E-state index in [2.05, 4.69) is 4.98 Å². The minimum absolute atomic E-state index is 0.00358. The molecule has 3 aromatic heterocycles. The number of carbonyl (C=O) groups excluding carboxylic acids is 2. The predicted molar refractivity (Wildman–Crippen MR) is 126 cm³/mol. The molecule has 0 saturated carbocycles. The lowest BCUT2D eigenvalue weighted by atomic mass is 10.1. The van der Waals surface area contributed by atoms with Crippen LogP contribution in [0, 0.1) is 0 Å². The Kier molecular flexibility index (Phi) is 5.59. The maximum atomic E-state index is 13.2. The molecule has 9 heteroatoms. The highest BCUT2D eigenvalue weighted by molar-refractivity contribution is 7.17. The number of amides is 2. The zero-order chi connectivity index (χ0) is 22.1. The van der Waals surface area contributed by atoms with Crippen molar-refractivity contribution < 1.29 is 9.59 Å². The Morgan fingerprint density at radius 3 is 2.41 bits per heavy atom. The van der Waals surface area contributed by atoms with Crippen LogP contribution in [0.2, 0.25) is 0 Å². The van der Waals surface area contributed by atoms with Gasteiger partial charge in [-0.2, -0.15) is 0 Å². The lowest BCUT2D eigenvalue weighted by molar-refractivity contribution is -0.133. The Morgan fingerprint density at radius 2 is 1.69 bits per heavy atom. The van der Waals surface area contributed by atoms with E-state index in [1.165, 1.54) is 33.6 Å². The van der Waals surface area contributed by atoms with E-state index in [9.17, 15) is 14.4 Å². The quantitative estimate of drug-likeness (QED) is 0.465. The van der Waals surface area contributed by atoms with Gasteiger partial charge in [0, 0.05) is 37.1 Å². The lowest BCUT2D eigenvalue weighted by Crippen LogP contribution is -2.51. The smallest absolute Gasteiger partial charge is 0.264 e. The van der Waals surface area contributed by atoms with Crippen molar-refractivity contribution in [1.29, 1.82) is 0 Å². The number of piperazine rings is 1. The van der Waals surface area contributed by atoms with Crippen molar-refractivity contribution >= 4 is 44.7 Å². The van der Waals surface area contributed by atoms with Crippen molar-refractivity contribution in [3.05, 3.63) is 74.8 Å². The van der Waals surface area contributed by atoms with Crippen LogP contribution in [0.5, 0.6) is 0 Å². The number of aromatic nitrogens is 2. The normalized spacial score (nSPS) is 14.1. The van der Waals surface area contributed by atoms with E-state index in [1.807, 2.05) is 53.2 Å². The second-order valence-corrected chi connectivity index (χ2v) is 9.33. The first-order valence-electron chi connectivity index (χ1n) is 10.2. The van der Waals surface area contributed by atoms with Crippen molar-refractivity contribution in [1.82, 2.24) is 19.4 Å². The summed E-state index contributed by atoms with van der Waals surface area (Å²) in [6.07, 6.45) is 1.45. The van der Waals surface area contributed by atoms with Gasteiger partial charge in [0.05, 0.1) is 16.6 Å². The summed E-state index contributed by atoms with van der Waals surface area (Å²) >= 11 is 2.84. The van der Waals surface area contributed by atoms with Crippen molar-refractivity contribution in [2.45, 2.75) is 6.54 Å². The average Bonchev–Trinajstić information content (AvgIpc) is 3.52. The topological polar surface area (TPSA) is 75.5 Å². The fraction of sp³-hybridized carbons (Fsp3) is 0.217. The molecule has 0 N–H and O–H groups in total. The van der Waals surface area contributed by atoms with Crippen LogP contribution in [0.15, 0.2) is 64.3 Å². The first kappa shape index (κ1) is 20.6. The van der Waals surface area contributed by atoms with Crippen LogP contribution in [-0.4, -0.2) is 57.3 Å². The average molecular weight is 465 g/mol. The van der Waals surface area contributed by atoms with Crippen molar-refractivity contribution in [2.24, 2.45) is 0 Å². The summed E-state index contributed by atoms with van der Waals surface area (Å²) in [7, 11) is 0. The van der Waals surface area contributed by atoms with Gasteiger partial charge in [-0.1, -0.05) is 36.4 Å². The summed E-state index contributed by atoms with van der Waals surface area (Å²) < 4.78 is 1.38. The molecule has 1 fully saturated rings. The van der Waals surface area contributed by atoms with E-state index in [1.54, 1.807) is 9.80 Å². The molecule has 5 rings (SSSR count). The summed E-state index contributed by atoms with van der Waals surface area (Å²) in [6.45, 7) is 1.81. The first-order chi connectivity index (χ1) is 15.6. The molecule has 1 aromatic carbocycles. The monoisotopic (exact) mass is 464 g/mol. The molecule has 7 nitrogen and oxygen atoms in total. The highest BCUT2D eigenvalue weighted by Gasteiger charge is 2.26. The van der Waals surface area contributed by atoms with Crippen molar-refractivity contribution in [3.8, 4) is 11.1 Å². The van der Waals surface area contributed by atoms with Crippen molar-refractivity contribution in [3.63, 3.8) is 0 Å². The molecular formula is C23H20N4O3S2. The molecule has 1 aliphatic rings. The minimum Gasteiger partial charge on any atom is -0.338 e. The molecular weight excluding hydrogens is 444 g/mol. The van der Waals surface area contributed by atoms with Gasteiger partial charge in [-0.15, -0.1) is 22.7 Å². The van der Waals surface area contributed by atoms with Gasteiger partial charge in [-0.25, -0.2) is 4.98 Å².